The van der Waals surface area contributed by atoms with Gasteiger partial charge in [0.2, 0.25) is 0 Å². The van der Waals surface area contributed by atoms with E-state index in [1.54, 1.807) is 6.07 Å². The van der Waals surface area contributed by atoms with Crippen molar-refractivity contribution in [3.63, 3.8) is 0 Å². The van der Waals surface area contributed by atoms with E-state index < -0.39 is 23.5 Å². The van der Waals surface area contributed by atoms with Gasteiger partial charge in [-0.05, 0) is 30.2 Å². The summed E-state index contributed by atoms with van der Waals surface area (Å²) in [4.78, 5) is 0. The summed E-state index contributed by atoms with van der Waals surface area (Å²) in [5.74, 6) is 3.24. The summed E-state index contributed by atoms with van der Waals surface area (Å²) < 4.78 is 41.3. The molecule has 0 aliphatic carbocycles. The molecule has 0 bridgehead atoms. The first kappa shape index (κ1) is 14.8. The second-order valence-corrected chi connectivity index (χ2v) is 4.68. The molecule has 2 aromatic rings. The second-order valence-electron chi connectivity index (χ2n) is 4.27. The molecule has 2 aromatic carbocycles. The molecule has 1 unspecified atom stereocenters. The number of halogens is 4. The van der Waals surface area contributed by atoms with Gasteiger partial charge >= 0.3 is 0 Å². The molecule has 2 rings (SSSR count). The number of benzene rings is 2. The molecule has 1 atom stereocenters. The van der Waals surface area contributed by atoms with Crippen molar-refractivity contribution in [2.75, 3.05) is 0 Å². The maximum absolute atomic E-state index is 13.8. The summed E-state index contributed by atoms with van der Waals surface area (Å²) in [5.41, 5.74) is 2.30. The molecule has 0 radical (unpaired) electrons. The predicted octanol–water partition coefficient (Wildman–Crippen LogP) is 3.50. The van der Waals surface area contributed by atoms with E-state index >= 15 is 0 Å². The molecule has 0 fully saturated rings. The van der Waals surface area contributed by atoms with Gasteiger partial charge in [0.25, 0.3) is 0 Å². The lowest BCUT2D eigenvalue weighted by molar-refractivity contribution is 0.466. The highest BCUT2D eigenvalue weighted by Gasteiger charge is 2.21. The van der Waals surface area contributed by atoms with Gasteiger partial charge < -0.3 is 0 Å². The maximum Gasteiger partial charge on any atom is 0.145 e. The standard InChI is InChI=1S/C14H12ClF3N2/c15-9-4-1-3-8(14(9)18)7-12(20-19)13-10(16)5-2-6-11(13)17/h1-6,12,20H,7,19H2. The Labute approximate surface area is 119 Å². The fourth-order valence-electron chi connectivity index (χ4n) is 2.01. The van der Waals surface area contributed by atoms with Crippen molar-refractivity contribution in [1.82, 2.24) is 5.43 Å². The fraction of sp³-hybridized carbons (Fsp3) is 0.143. The molecule has 0 saturated carbocycles. The average molecular weight is 301 g/mol. The van der Waals surface area contributed by atoms with E-state index in [1.165, 1.54) is 18.2 Å². The van der Waals surface area contributed by atoms with E-state index in [9.17, 15) is 13.2 Å². The summed E-state index contributed by atoms with van der Waals surface area (Å²) in [6, 6.07) is 7.05. The van der Waals surface area contributed by atoms with Crippen LogP contribution in [0, 0.1) is 17.5 Å². The van der Waals surface area contributed by atoms with Crippen LogP contribution in [0.3, 0.4) is 0 Å². The summed E-state index contributed by atoms with van der Waals surface area (Å²) in [6.07, 6.45) is -0.0270. The van der Waals surface area contributed by atoms with Crippen LogP contribution in [-0.2, 0) is 6.42 Å². The number of hydrogen-bond acceptors (Lipinski definition) is 2. The molecule has 0 aliphatic heterocycles. The molecule has 0 heterocycles. The van der Waals surface area contributed by atoms with Gasteiger partial charge in [0.15, 0.2) is 0 Å². The Balaban J connectivity index is 2.37. The van der Waals surface area contributed by atoms with E-state index in [-0.39, 0.29) is 22.6 Å². The predicted molar refractivity (Wildman–Crippen MR) is 71.5 cm³/mol. The zero-order valence-corrected chi connectivity index (χ0v) is 11.1. The Kier molecular flexibility index (Phi) is 4.65. The first-order valence-corrected chi connectivity index (χ1v) is 6.25. The van der Waals surface area contributed by atoms with Gasteiger partial charge in [-0.1, -0.05) is 29.8 Å². The minimum Gasteiger partial charge on any atom is -0.271 e. The molecule has 20 heavy (non-hydrogen) atoms. The molecule has 0 amide bonds. The monoisotopic (exact) mass is 300 g/mol. The second kappa shape index (κ2) is 6.26. The molecule has 0 aliphatic rings. The zero-order chi connectivity index (χ0) is 14.7. The minimum atomic E-state index is -0.899. The van der Waals surface area contributed by atoms with Crippen molar-refractivity contribution >= 4 is 11.6 Å². The molecule has 0 spiro atoms. The average Bonchev–Trinajstić information content (AvgIpc) is 2.42. The van der Waals surface area contributed by atoms with Crippen LogP contribution < -0.4 is 11.3 Å². The van der Waals surface area contributed by atoms with Crippen LogP contribution in [0.4, 0.5) is 13.2 Å². The molecule has 106 valence electrons. The maximum atomic E-state index is 13.8. The third-order valence-corrected chi connectivity index (χ3v) is 3.30. The van der Waals surface area contributed by atoms with Crippen molar-refractivity contribution in [3.8, 4) is 0 Å². The van der Waals surface area contributed by atoms with Crippen molar-refractivity contribution in [2.24, 2.45) is 5.84 Å². The van der Waals surface area contributed by atoms with Gasteiger partial charge in [0, 0.05) is 5.56 Å². The molecule has 0 aromatic heterocycles. The van der Waals surface area contributed by atoms with Crippen LogP contribution in [0.2, 0.25) is 5.02 Å². The highest BCUT2D eigenvalue weighted by atomic mass is 35.5. The SMILES string of the molecule is NNC(Cc1cccc(Cl)c1F)c1c(F)cccc1F. The fourth-order valence-corrected chi connectivity index (χ4v) is 2.21. The molecular formula is C14H12ClF3N2. The topological polar surface area (TPSA) is 38.0 Å². The van der Waals surface area contributed by atoms with E-state index in [1.807, 2.05) is 0 Å². The lowest BCUT2D eigenvalue weighted by Gasteiger charge is -2.18. The van der Waals surface area contributed by atoms with Gasteiger partial charge in [-0.15, -0.1) is 0 Å². The van der Waals surface area contributed by atoms with E-state index in [4.69, 9.17) is 17.4 Å². The van der Waals surface area contributed by atoms with Gasteiger partial charge in [-0.2, -0.15) is 0 Å². The number of hydrazine groups is 1. The van der Waals surface area contributed by atoms with E-state index in [0.717, 1.165) is 12.1 Å². The molecule has 3 N–H and O–H groups in total. The first-order chi connectivity index (χ1) is 9.54. The number of nitrogens with one attached hydrogen (secondary N) is 1. The molecule has 6 heteroatoms. The Morgan fingerprint density at radius 2 is 1.65 bits per heavy atom. The Hall–Kier alpha value is -1.56. The van der Waals surface area contributed by atoms with Crippen molar-refractivity contribution in [1.29, 1.82) is 0 Å². The van der Waals surface area contributed by atoms with Crippen molar-refractivity contribution in [2.45, 2.75) is 12.5 Å². The highest BCUT2D eigenvalue weighted by molar-refractivity contribution is 6.30. The lowest BCUT2D eigenvalue weighted by atomic mass is 9.98. The third kappa shape index (κ3) is 2.95. The summed E-state index contributed by atoms with van der Waals surface area (Å²) in [6.45, 7) is 0. The van der Waals surface area contributed by atoms with Crippen molar-refractivity contribution < 1.29 is 13.2 Å². The molecular weight excluding hydrogens is 289 g/mol. The zero-order valence-electron chi connectivity index (χ0n) is 10.3. The van der Waals surface area contributed by atoms with Crippen LogP contribution >= 0.6 is 11.6 Å². The minimum absolute atomic E-state index is 0.0270. The number of rotatable bonds is 4. The highest BCUT2D eigenvalue weighted by Crippen LogP contribution is 2.26. The summed E-state index contributed by atoms with van der Waals surface area (Å²) >= 11 is 5.67. The normalized spacial score (nSPS) is 12.4. The van der Waals surface area contributed by atoms with Gasteiger partial charge in [-0.25, -0.2) is 13.2 Å². The van der Waals surface area contributed by atoms with E-state index in [2.05, 4.69) is 5.43 Å². The number of nitrogens with two attached hydrogens (primary N) is 1. The van der Waals surface area contributed by atoms with Crippen molar-refractivity contribution in [3.05, 3.63) is 70.0 Å². The Morgan fingerprint density at radius 1 is 1.05 bits per heavy atom. The largest absolute Gasteiger partial charge is 0.271 e. The first-order valence-electron chi connectivity index (χ1n) is 5.87. The number of hydrogen-bond donors (Lipinski definition) is 2. The summed E-state index contributed by atoms with van der Waals surface area (Å²) in [5, 5.41) is -0.0488. The van der Waals surface area contributed by atoms with Gasteiger partial charge in [0.1, 0.15) is 17.5 Å². The smallest absolute Gasteiger partial charge is 0.145 e. The van der Waals surface area contributed by atoms with Crippen LogP contribution in [0.15, 0.2) is 36.4 Å². The quantitative estimate of drug-likeness (QED) is 0.670. The van der Waals surface area contributed by atoms with Crippen LogP contribution in [0.25, 0.3) is 0 Å². The molecule has 2 nitrogen and oxygen atoms in total. The van der Waals surface area contributed by atoms with Crippen LogP contribution in [-0.4, -0.2) is 0 Å². The Bertz CT molecular complexity index is 599. The van der Waals surface area contributed by atoms with Crippen LogP contribution in [0.5, 0.6) is 0 Å². The van der Waals surface area contributed by atoms with Gasteiger partial charge in [-0.3, -0.25) is 11.3 Å². The van der Waals surface area contributed by atoms with Crippen LogP contribution in [0.1, 0.15) is 17.2 Å². The molecule has 0 saturated heterocycles. The van der Waals surface area contributed by atoms with E-state index in [0.29, 0.717) is 0 Å². The van der Waals surface area contributed by atoms with Gasteiger partial charge in [0.05, 0.1) is 11.1 Å². The lowest BCUT2D eigenvalue weighted by Crippen LogP contribution is -2.31. The third-order valence-electron chi connectivity index (χ3n) is 3.00. The summed E-state index contributed by atoms with van der Waals surface area (Å²) in [7, 11) is 0. The Morgan fingerprint density at radius 3 is 2.25 bits per heavy atom.